The zero-order valence-corrected chi connectivity index (χ0v) is 12.7. The number of urea groups is 1. The molecule has 0 aromatic carbocycles. The van der Waals surface area contributed by atoms with Crippen molar-refractivity contribution in [1.82, 2.24) is 15.5 Å². The Morgan fingerprint density at radius 3 is 2.35 bits per heavy atom. The van der Waals surface area contributed by atoms with E-state index in [1.807, 2.05) is 27.7 Å². The summed E-state index contributed by atoms with van der Waals surface area (Å²) in [5.41, 5.74) is -0.474. The second-order valence-electron chi connectivity index (χ2n) is 5.86. The second-order valence-corrected chi connectivity index (χ2v) is 5.86. The highest BCUT2D eigenvalue weighted by atomic mass is 16.6. The van der Waals surface area contributed by atoms with Gasteiger partial charge in [0.25, 0.3) is 0 Å². The summed E-state index contributed by atoms with van der Waals surface area (Å²) in [6, 6.07) is -0.113. The molecule has 1 fully saturated rings. The standard InChI is InChI=1S/C14H25N3O3/c1-5-8-15-12(18)16-11-6-9-17(10-7-11)13(19)20-14(2,3)4/h5,8,11H,6-7,9-10H2,1-4H3,(H2,15,16,18)/b8-5+. The lowest BCUT2D eigenvalue weighted by Gasteiger charge is -2.33. The van der Waals surface area contributed by atoms with E-state index >= 15 is 0 Å². The summed E-state index contributed by atoms with van der Waals surface area (Å²) in [4.78, 5) is 25.1. The SMILES string of the molecule is C/C=C/NC(=O)NC1CCN(C(=O)OC(C)(C)C)CC1. The fourth-order valence-electron chi connectivity index (χ4n) is 1.92. The second kappa shape index (κ2) is 7.17. The minimum atomic E-state index is -0.474. The lowest BCUT2D eigenvalue weighted by atomic mass is 10.1. The van der Waals surface area contributed by atoms with Gasteiger partial charge in [-0.05, 0) is 40.5 Å². The predicted octanol–water partition coefficient (Wildman–Crippen LogP) is 2.22. The number of carbonyl (C=O) groups is 2. The third kappa shape index (κ3) is 5.95. The fourth-order valence-corrected chi connectivity index (χ4v) is 1.92. The fraction of sp³-hybridized carbons (Fsp3) is 0.714. The molecule has 114 valence electrons. The monoisotopic (exact) mass is 283 g/mol. The molecule has 1 aliphatic heterocycles. The molecule has 1 aliphatic rings. The topological polar surface area (TPSA) is 70.7 Å². The number of hydrogen-bond acceptors (Lipinski definition) is 3. The lowest BCUT2D eigenvalue weighted by molar-refractivity contribution is 0.0201. The van der Waals surface area contributed by atoms with Crippen molar-refractivity contribution in [2.75, 3.05) is 13.1 Å². The van der Waals surface area contributed by atoms with Gasteiger partial charge in [-0.15, -0.1) is 0 Å². The Labute approximate surface area is 120 Å². The Balaban J connectivity index is 2.33. The summed E-state index contributed by atoms with van der Waals surface area (Å²) >= 11 is 0. The zero-order valence-electron chi connectivity index (χ0n) is 12.7. The van der Waals surface area contributed by atoms with E-state index in [1.165, 1.54) is 0 Å². The molecule has 0 atom stereocenters. The summed E-state index contributed by atoms with van der Waals surface area (Å²) in [5.74, 6) is 0. The average molecular weight is 283 g/mol. The van der Waals surface area contributed by atoms with E-state index in [4.69, 9.17) is 4.74 Å². The molecule has 0 bridgehead atoms. The molecular formula is C14H25N3O3. The molecule has 1 heterocycles. The number of hydrogen-bond donors (Lipinski definition) is 2. The van der Waals surface area contributed by atoms with Gasteiger partial charge >= 0.3 is 12.1 Å². The molecule has 2 N–H and O–H groups in total. The third-order valence-electron chi connectivity index (χ3n) is 2.86. The first-order chi connectivity index (χ1) is 9.31. The van der Waals surface area contributed by atoms with Crippen LogP contribution in [0.2, 0.25) is 0 Å². The lowest BCUT2D eigenvalue weighted by Crippen LogP contribution is -2.49. The van der Waals surface area contributed by atoms with Gasteiger partial charge < -0.3 is 20.3 Å². The molecule has 0 spiro atoms. The molecule has 0 aliphatic carbocycles. The molecule has 0 saturated carbocycles. The summed E-state index contributed by atoms with van der Waals surface area (Å²) in [5, 5.41) is 5.49. The van der Waals surface area contributed by atoms with Crippen molar-refractivity contribution in [1.29, 1.82) is 0 Å². The van der Waals surface area contributed by atoms with E-state index in [1.54, 1.807) is 17.2 Å². The highest BCUT2D eigenvalue weighted by Gasteiger charge is 2.27. The minimum Gasteiger partial charge on any atom is -0.444 e. The number of likely N-dealkylation sites (tertiary alicyclic amines) is 1. The number of nitrogens with one attached hydrogen (secondary N) is 2. The van der Waals surface area contributed by atoms with E-state index in [0.717, 1.165) is 12.8 Å². The summed E-state index contributed by atoms with van der Waals surface area (Å²) in [6.07, 6.45) is 4.54. The van der Waals surface area contributed by atoms with Crippen molar-refractivity contribution in [3.8, 4) is 0 Å². The van der Waals surface area contributed by atoms with Crippen molar-refractivity contribution in [2.24, 2.45) is 0 Å². The van der Waals surface area contributed by atoms with Gasteiger partial charge in [-0.1, -0.05) is 6.08 Å². The molecule has 20 heavy (non-hydrogen) atoms. The molecule has 0 aromatic rings. The maximum Gasteiger partial charge on any atom is 0.410 e. The molecular weight excluding hydrogens is 258 g/mol. The van der Waals surface area contributed by atoms with Crippen LogP contribution < -0.4 is 10.6 Å². The maximum atomic E-state index is 11.9. The van der Waals surface area contributed by atoms with E-state index in [9.17, 15) is 9.59 Å². The van der Waals surface area contributed by atoms with Crippen LogP contribution in [0.3, 0.4) is 0 Å². The highest BCUT2D eigenvalue weighted by Crippen LogP contribution is 2.15. The zero-order chi connectivity index (χ0) is 15.2. The first-order valence-electron chi connectivity index (χ1n) is 6.98. The quantitative estimate of drug-likeness (QED) is 0.816. The van der Waals surface area contributed by atoms with Gasteiger partial charge in [0, 0.05) is 25.3 Å². The van der Waals surface area contributed by atoms with Crippen LogP contribution in [-0.2, 0) is 4.74 Å². The number of piperidine rings is 1. The van der Waals surface area contributed by atoms with Crippen LogP contribution in [0.5, 0.6) is 0 Å². The van der Waals surface area contributed by atoms with Crippen molar-refractivity contribution in [3.05, 3.63) is 12.3 Å². The van der Waals surface area contributed by atoms with E-state index < -0.39 is 5.60 Å². The number of ether oxygens (including phenoxy) is 1. The number of nitrogens with zero attached hydrogens (tertiary/aromatic N) is 1. The van der Waals surface area contributed by atoms with Crippen LogP contribution >= 0.6 is 0 Å². The summed E-state index contributed by atoms with van der Waals surface area (Å²) < 4.78 is 5.32. The van der Waals surface area contributed by atoms with Gasteiger partial charge in [-0.2, -0.15) is 0 Å². The Morgan fingerprint density at radius 1 is 1.25 bits per heavy atom. The maximum absolute atomic E-state index is 11.9. The molecule has 1 saturated heterocycles. The summed E-state index contributed by atoms with van der Waals surface area (Å²) in [7, 11) is 0. The normalized spacial score (nSPS) is 17.1. The number of allylic oxidation sites excluding steroid dienone is 1. The molecule has 6 nitrogen and oxygen atoms in total. The molecule has 0 radical (unpaired) electrons. The van der Waals surface area contributed by atoms with Crippen molar-refractivity contribution >= 4 is 12.1 Å². The predicted molar refractivity (Wildman–Crippen MR) is 77.3 cm³/mol. The number of carbonyl (C=O) groups excluding carboxylic acids is 2. The molecule has 3 amide bonds. The Hall–Kier alpha value is -1.72. The Bertz CT molecular complexity index is 366. The molecule has 6 heteroatoms. The minimum absolute atomic E-state index is 0.0962. The smallest absolute Gasteiger partial charge is 0.410 e. The number of rotatable bonds is 2. The van der Waals surface area contributed by atoms with Crippen LogP contribution in [0.25, 0.3) is 0 Å². The third-order valence-corrected chi connectivity index (χ3v) is 2.86. The van der Waals surface area contributed by atoms with Gasteiger partial charge in [-0.25, -0.2) is 9.59 Å². The van der Waals surface area contributed by atoms with Crippen LogP contribution in [-0.4, -0.2) is 41.8 Å². The average Bonchev–Trinajstić information content (AvgIpc) is 2.35. The van der Waals surface area contributed by atoms with Gasteiger partial charge in [0.05, 0.1) is 0 Å². The van der Waals surface area contributed by atoms with Crippen molar-refractivity contribution in [3.63, 3.8) is 0 Å². The summed E-state index contributed by atoms with van der Waals surface area (Å²) in [6.45, 7) is 8.59. The van der Waals surface area contributed by atoms with Gasteiger partial charge in [0.15, 0.2) is 0 Å². The molecule has 0 aromatic heterocycles. The van der Waals surface area contributed by atoms with Gasteiger partial charge in [0.2, 0.25) is 0 Å². The Morgan fingerprint density at radius 2 is 1.85 bits per heavy atom. The van der Waals surface area contributed by atoms with E-state index in [2.05, 4.69) is 10.6 Å². The highest BCUT2D eigenvalue weighted by molar-refractivity contribution is 5.75. The Kier molecular flexibility index (Phi) is 5.85. The van der Waals surface area contributed by atoms with E-state index in [-0.39, 0.29) is 18.2 Å². The van der Waals surface area contributed by atoms with Crippen LogP contribution in [0.1, 0.15) is 40.5 Å². The van der Waals surface area contributed by atoms with Crippen LogP contribution in [0.15, 0.2) is 12.3 Å². The van der Waals surface area contributed by atoms with Gasteiger partial charge in [0.1, 0.15) is 5.60 Å². The van der Waals surface area contributed by atoms with E-state index in [0.29, 0.717) is 13.1 Å². The van der Waals surface area contributed by atoms with Gasteiger partial charge in [-0.3, -0.25) is 0 Å². The van der Waals surface area contributed by atoms with Crippen molar-refractivity contribution < 1.29 is 14.3 Å². The van der Waals surface area contributed by atoms with Crippen molar-refractivity contribution in [2.45, 2.75) is 52.2 Å². The van der Waals surface area contributed by atoms with Crippen LogP contribution in [0.4, 0.5) is 9.59 Å². The first kappa shape index (κ1) is 16.3. The molecule has 0 unspecified atom stereocenters. The largest absolute Gasteiger partial charge is 0.444 e. The molecule has 1 rings (SSSR count). The van der Waals surface area contributed by atoms with Crippen LogP contribution in [0, 0.1) is 0 Å². The number of amides is 3. The first-order valence-corrected chi connectivity index (χ1v) is 6.98.